The molecule has 0 bridgehead atoms. The Bertz CT molecular complexity index is 1110. The molecule has 0 N–H and O–H groups in total. The second-order valence-corrected chi connectivity index (χ2v) is 7.53. The lowest BCUT2D eigenvalue weighted by atomic mass is 9.77. The lowest BCUT2D eigenvalue weighted by Gasteiger charge is -2.40. The topological polar surface area (TPSA) is 55.8 Å². The molecule has 1 aliphatic carbocycles. The van der Waals surface area contributed by atoms with E-state index in [1.165, 1.54) is 6.07 Å². The number of ether oxygens (including phenoxy) is 2. The van der Waals surface area contributed by atoms with Gasteiger partial charge in [0, 0.05) is 18.2 Å². The van der Waals surface area contributed by atoms with Gasteiger partial charge in [-0.15, -0.1) is 0 Å². The number of rotatable bonds is 2. The first-order valence-electron chi connectivity index (χ1n) is 9.44. The first-order valence-corrected chi connectivity index (χ1v) is 9.44. The third-order valence-electron chi connectivity index (χ3n) is 5.55. The van der Waals surface area contributed by atoms with Gasteiger partial charge < -0.3 is 9.47 Å². The van der Waals surface area contributed by atoms with Crippen molar-refractivity contribution in [3.63, 3.8) is 0 Å². The average Bonchev–Trinajstić information content (AvgIpc) is 2.70. The van der Waals surface area contributed by atoms with E-state index in [-0.39, 0.29) is 11.6 Å². The van der Waals surface area contributed by atoms with Crippen LogP contribution < -0.4 is 9.47 Å². The molecule has 2 aromatic rings. The number of hydrogen-bond acceptors (Lipinski definition) is 5. The number of halogens is 6. The van der Waals surface area contributed by atoms with Gasteiger partial charge in [0.15, 0.2) is 11.5 Å². The zero-order chi connectivity index (χ0) is 23.4. The molecular weight excluding hydrogens is 444 g/mol. The largest absolute Gasteiger partial charge is 0.491 e. The summed E-state index contributed by atoms with van der Waals surface area (Å²) in [5, 5.41) is 0. The Morgan fingerprint density at radius 1 is 0.938 bits per heavy atom. The van der Waals surface area contributed by atoms with Crippen molar-refractivity contribution < 1.29 is 45.4 Å². The van der Waals surface area contributed by atoms with E-state index >= 15 is 0 Å². The molecule has 170 valence electrons. The Balaban J connectivity index is 1.92. The summed E-state index contributed by atoms with van der Waals surface area (Å²) in [5.74, 6) is -7.09. The maximum Gasteiger partial charge on any atom is 0.491 e. The maximum atomic E-state index is 12.9. The van der Waals surface area contributed by atoms with E-state index in [0.717, 1.165) is 23.7 Å². The van der Waals surface area contributed by atoms with Crippen molar-refractivity contribution in [1.29, 1.82) is 0 Å². The van der Waals surface area contributed by atoms with E-state index in [0.29, 0.717) is 24.0 Å². The summed E-state index contributed by atoms with van der Waals surface area (Å²) in [6, 6.07) is 7.26. The third kappa shape index (κ3) is 3.81. The van der Waals surface area contributed by atoms with Crippen LogP contribution in [0.2, 0.25) is 0 Å². The Labute approximate surface area is 177 Å². The predicted octanol–water partition coefficient (Wildman–Crippen LogP) is 4.37. The smallest absolute Gasteiger partial charge is 0.416 e. The minimum absolute atomic E-state index is 0.00141. The number of likely N-dealkylation sites (N-methyl/N-ethyl adjacent to an activating group) is 1. The molecule has 5 nitrogen and oxygen atoms in total. The van der Waals surface area contributed by atoms with Crippen LogP contribution in [0, 0.1) is 0 Å². The number of alkyl halides is 6. The predicted molar refractivity (Wildman–Crippen MR) is 98.0 cm³/mol. The molecule has 2 aromatic carbocycles. The van der Waals surface area contributed by atoms with Gasteiger partial charge in [0.2, 0.25) is 0 Å². The van der Waals surface area contributed by atoms with Gasteiger partial charge in [-0.25, -0.2) is 9.59 Å². The number of nitrogens with zero attached hydrogens (tertiary/aromatic N) is 1. The lowest BCUT2D eigenvalue weighted by Crippen LogP contribution is -2.36. The van der Waals surface area contributed by atoms with E-state index < -0.39 is 35.8 Å². The molecule has 1 heterocycles. The standard InChI is InChI=1S/C21H15F6NO4/c1-28-8-7-10-3-2-4-12-15(10)13(28)9-11-5-6-14(31-18(29)20(22,23)24)17(16(11)12)32-19(30)21(25,26)27/h2-6,13H,7-9H2,1H3/t13-/m1/s1. The number of carbonyl (C=O) groups excluding carboxylic acids is 2. The van der Waals surface area contributed by atoms with Gasteiger partial charge in [0.05, 0.1) is 0 Å². The monoisotopic (exact) mass is 459 g/mol. The third-order valence-corrected chi connectivity index (χ3v) is 5.55. The van der Waals surface area contributed by atoms with E-state index in [9.17, 15) is 35.9 Å². The second kappa shape index (κ2) is 7.51. The average molecular weight is 459 g/mol. The molecule has 0 unspecified atom stereocenters. The highest BCUT2D eigenvalue weighted by atomic mass is 19.4. The molecule has 0 spiro atoms. The van der Waals surface area contributed by atoms with Crippen LogP contribution in [0.15, 0.2) is 30.3 Å². The molecule has 0 saturated heterocycles. The van der Waals surface area contributed by atoms with E-state index in [1.807, 2.05) is 13.1 Å². The van der Waals surface area contributed by atoms with Crippen LogP contribution in [0.3, 0.4) is 0 Å². The second-order valence-electron chi connectivity index (χ2n) is 7.53. The van der Waals surface area contributed by atoms with Crippen LogP contribution >= 0.6 is 0 Å². The molecule has 1 aliphatic heterocycles. The summed E-state index contributed by atoms with van der Waals surface area (Å²) in [6.07, 6.45) is -9.84. The number of fused-ring (bicyclic) bond motifs is 2. The van der Waals surface area contributed by atoms with Crippen molar-refractivity contribution in [2.45, 2.75) is 31.2 Å². The SMILES string of the molecule is CN1CCc2cccc3c2[C@H]1Cc1ccc(OC(=O)C(F)(F)F)c(OC(=O)C(F)(F)F)c1-3. The molecule has 1 atom stereocenters. The summed E-state index contributed by atoms with van der Waals surface area (Å²) in [7, 11) is 1.89. The minimum atomic E-state index is -5.42. The first kappa shape index (κ1) is 22.1. The fourth-order valence-electron chi connectivity index (χ4n) is 4.14. The molecule has 0 amide bonds. The Hall–Kier alpha value is -3.08. The summed E-state index contributed by atoms with van der Waals surface area (Å²) in [6.45, 7) is 0.744. The minimum Gasteiger partial charge on any atom is -0.416 e. The number of hydrogen-bond donors (Lipinski definition) is 0. The van der Waals surface area contributed by atoms with Gasteiger partial charge >= 0.3 is 24.3 Å². The number of carbonyl (C=O) groups is 2. The van der Waals surface area contributed by atoms with Crippen molar-refractivity contribution in [3.05, 3.63) is 47.0 Å². The summed E-state index contributed by atoms with van der Waals surface area (Å²) < 4.78 is 85.8. The molecule has 2 aliphatic rings. The highest BCUT2D eigenvalue weighted by Crippen LogP contribution is 2.51. The Morgan fingerprint density at radius 3 is 2.25 bits per heavy atom. The highest BCUT2D eigenvalue weighted by Gasteiger charge is 2.45. The van der Waals surface area contributed by atoms with Crippen molar-refractivity contribution in [1.82, 2.24) is 4.90 Å². The van der Waals surface area contributed by atoms with Gasteiger partial charge in [-0.1, -0.05) is 24.3 Å². The molecule has 4 rings (SSSR count). The van der Waals surface area contributed by atoms with Gasteiger partial charge in [0.25, 0.3) is 0 Å². The molecule has 0 radical (unpaired) electrons. The normalized spacial score (nSPS) is 17.9. The lowest BCUT2D eigenvalue weighted by molar-refractivity contribution is -0.191. The Kier molecular flexibility index (Phi) is 5.19. The van der Waals surface area contributed by atoms with Crippen LogP contribution in [0.5, 0.6) is 11.5 Å². The van der Waals surface area contributed by atoms with Crippen molar-refractivity contribution in [2.24, 2.45) is 0 Å². The van der Waals surface area contributed by atoms with Crippen LogP contribution in [0.25, 0.3) is 11.1 Å². The highest BCUT2D eigenvalue weighted by molar-refractivity contribution is 5.89. The van der Waals surface area contributed by atoms with Gasteiger partial charge in [-0.3, -0.25) is 4.90 Å². The number of esters is 2. The van der Waals surface area contributed by atoms with E-state index in [4.69, 9.17) is 0 Å². The van der Waals surface area contributed by atoms with Crippen LogP contribution in [0.4, 0.5) is 26.3 Å². The summed E-state index contributed by atoms with van der Waals surface area (Å²) >= 11 is 0. The maximum absolute atomic E-state index is 12.9. The van der Waals surface area contributed by atoms with E-state index in [1.54, 1.807) is 12.1 Å². The molecule has 11 heteroatoms. The fraction of sp³-hybridized carbons (Fsp3) is 0.333. The number of benzene rings is 2. The van der Waals surface area contributed by atoms with Crippen LogP contribution in [-0.2, 0) is 22.4 Å². The molecular formula is C21H15F6NO4. The molecule has 0 fully saturated rings. The first-order chi connectivity index (χ1) is 14.9. The Morgan fingerprint density at radius 2 is 1.59 bits per heavy atom. The summed E-state index contributed by atoms with van der Waals surface area (Å²) in [5.41, 5.74) is 2.58. The van der Waals surface area contributed by atoms with Crippen molar-refractivity contribution >= 4 is 11.9 Å². The molecule has 0 aromatic heterocycles. The van der Waals surface area contributed by atoms with Crippen LogP contribution in [0.1, 0.15) is 22.7 Å². The van der Waals surface area contributed by atoms with Gasteiger partial charge in [-0.05, 0) is 48.2 Å². The van der Waals surface area contributed by atoms with Gasteiger partial charge in [-0.2, -0.15) is 26.3 Å². The summed E-state index contributed by atoms with van der Waals surface area (Å²) in [4.78, 5) is 25.0. The quantitative estimate of drug-likeness (QED) is 0.379. The van der Waals surface area contributed by atoms with Crippen molar-refractivity contribution in [3.8, 4) is 22.6 Å². The zero-order valence-corrected chi connectivity index (χ0v) is 16.4. The molecule has 32 heavy (non-hydrogen) atoms. The molecule has 0 saturated carbocycles. The fourth-order valence-corrected chi connectivity index (χ4v) is 4.14. The zero-order valence-electron chi connectivity index (χ0n) is 16.4. The van der Waals surface area contributed by atoms with Crippen molar-refractivity contribution in [2.75, 3.05) is 13.6 Å². The van der Waals surface area contributed by atoms with Gasteiger partial charge in [0.1, 0.15) is 0 Å². The van der Waals surface area contributed by atoms with E-state index in [2.05, 4.69) is 14.4 Å². The van der Waals surface area contributed by atoms with Crippen LogP contribution in [-0.4, -0.2) is 42.8 Å².